The molecule has 1 aliphatic rings. The zero-order valence-electron chi connectivity index (χ0n) is 6.63. The predicted octanol–water partition coefficient (Wildman–Crippen LogP) is 1.11. The van der Waals surface area contributed by atoms with Crippen LogP contribution in [0.4, 0.5) is 0 Å². The van der Waals surface area contributed by atoms with Crippen LogP contribution in [0.2, 0.25) is 0 Å². The molecular formula is C9H8NOY-. The molecule has 2 nitrogen and oxygen atoms in total. The van der Waals surface area contributed by atoms with Crippen LogP contribution in [0.15, 0.2) is 18.2 Å². The molecule has 1 N–H and O–H groups in total. The molecule has 1 aromatic rings. The van der Waals surface area contributed by atoms with Crippen molar-refractivity contribution in [3.05, 3.63) is 41.8 Å². The van der Waals surface area contributed by atoms with Crippen LogP contribution in [-0.4, -0.2) is 5.91 Å². The molecule has 1 aromatic carbocycles. The van der Waals surface area contributed by atoms with Crippen molar-refractivity contribution >= 4 is 5.91 Å². The number of hydrogen-bond acceptors (Lipinski definition) is 1. The second-order valence-corrected chi connectivity index (χ2v) is 2.63. The van der Waals surface area contributed by atoms with Crippen molar-refractivity contribution in [3.8, 4) is 0 Å². The van der Waals surface area contributed by atoms with Crippen molar-refractivity contribution < 1.29 is 37.5 Å². The zero-order valence-corrected chi connectivity index (χ0v) is 9.47. The van der Waals surface area contributed by atoms with Crippen LogP contribution in [0.1, 0.15) is 21.5 Å². The SMILES string of the molecule is [CH2-]c1cccc2c1CNC2=O.[Y]. The number of nitrogens with one attached hydrogen (secondary N) is 1. The van der Waals surface area contributed by atoms with Crippen molar-refractivity contribution in [1.82, 2.24) is 5.32 Å². The topological polar surface area (TPSA) is 29.1 Å². The van der Waals surface area contributed by atoms with E-state index in [0.717, 1.165) is 16.7 Å². The zero-order chi connectivity index (χ0) is 7.84. The summed E-state index contributed by atoms with van der Waals surface area (Å²) in [6.45, 7) is 4.47. The average Bonchev–Trinajstić information content (AvgIpc) is 2.35. The van der Waals surface area contributed by atoms with Gasteiger partial charge < -0.3 is 5.32 Å². The number of hydrogen-bond donors (Lipinski definition) is 1. The van der Waals surface area contributed by atoms with Crippen LogP contribution < -0.4 is 5.32 Å². The molecule has 1 aliphatic heterocycles. The molecule has 0 aromatic heterocycles. The summed E-state index contributed by atoms with van der Waals surface area (Å²) in [5.41, 5.74) is 2.76. The molecule has 1 amide bonds. The van der Waals surface area contributed by atoms with E-state index in [1.165, 1.54) is 0 Å². The molecule has 0 spiro atoms. The molecule has 0 unspecified atom stereocenters. The molecule has 0 bridgehead atoms. The normalized spacial score (nSPS) is 13.2. The second-order valence-electron chi connectivity index (χ2n) is 2.63. The first-order valence-electron chi connectivity index (χ1n) is 3.51. The summed E-state index contributed by atoms with van der Waals surface area (Å²) in [6.07, 6.45) is 0. The van der Waals surface area contributed by atoms with Gasteiger partial charge in [0, 0.05) is 32.7 Å². The molecule has 3 heteroatoms. The maximum Gasteiger partial charge on any atom is 0.238 e. The number of benzene rings is 1. The minimum atomic E-state index is 0. The largest absolute Gasteiger partial charge is 0.360 e. The van der Waals surface area contributed by atoms with Gasteiger partial charge in [0.05, 0.1) is 0 Å². The first-order chi connectivity index (χ1) is 5.29. The number of carbonyl (C=O) groups excluding carboxylic acids is 1. The molecule has 59 valence electrons. The second kappa shape index (κ2) is 3.59. The van der Waals surface area contributed by atoms with E-state index in [-0.39, 0.29) is 38.6 Å². The third kappa shape index (κ3) is 1.41. The molecule has 12 heavy (non-hydrogen) atoms. The van der Waals surface area contributed by atoms with Gasteiger partial charge in [-0.2, -0.15) is 18.6 Å². The van der Waals surface area contributed by atoms with E-state index in [2.05, 4.69) is 12.2 Å². The van der Waals surface area contributed by atoms with E-state index in [4.69, 9.17) is 0 Å². The van der Waals surface area contributed by atoms with Gasteiger partial charge in [0.1, 0.15) is 0 Å². The Kier molecular flexibility index (Phi) is 2.91. The first kappa shape index (κ1) is 9.75. The minimum absolute atomic E-state index is 0. The van der Waals surface area contributed by atoms with Crippen molar-refractivity contribution in [3.63, 3.8) is 0 Å². The third-order valence-electron chi connectivity index (χ3n) is 1.94. The van der Waals surface area contributed by atoms with E-state index in [9.17, 15) is 4.79 Å². The van der Waals surface area contributed by atoms with E-state index in [0.29, 0.717) is 6.54 Å². The molecule has 0 saturated heterocycles. The van der Waals surface area contributed by atoms with E-state index in [1.54, 1.807) is 0 Å². The fraction of sp³-hybridized carbons (Fsp3) is 0.111. The maximum absolute atomic E-state index is 11.1. The summed E-state index contributed by atoms with van der Waals surface area (Å²) >= 11 is 0. The van der Waals surface area contributed by atoms with Gasteiger partial charge in [0.25, 0.3) is 0 Å². The van der Waals surface area contributed by atoms with Gasteiger partial charge in [-0.1, -0.05) is 6.07 Å². The van der Waals surface area contributed by atoms with Crippen LogP contribution in [0.5, 0.6) is 0 Å². The molecule has 1 heterocycles. The quantitative estimate of drug-likeness (QED) is 0.670. The summed E-state index contributed by atoms with van der Waals surface area (Å²) < 4.78 is 0. The Balaban J connectivity index is 0.000000720. The summed E-state index contributed by atoms with van der Waals surface area (Å²) in [5.74, 6) is 0.0190. The molecular weight excluding hydrogens is 227 g/mol. The van der Waals surface area contributed by atoms with Crippen molar-refractivity contribution in [1.29, 1.82) is 0 Å². The Morgan fingerprint density at radius 2 is 2.17 bits per heavy atom. The molecule has 2 rings (SSSR count). The van der Waals surface area contributed by atoms with Crippen molar-refractivity contribution in [2.75, 3.05) is 0 Å². The van der Waals surface area contributed by atoms with Crippen LogP contribution >= 0.6 is 0 Å². The number of carbonyl (C=O) groups is 1. The van der Waals surface area contributed by atoms with Gasteiger partial charge in [-0.25, -0.2) is 0 Å². The average molecular weight is 235 g/mol. The summed E-state index contributed by atoms with van der Waals surface area (Å²) in [5, 5.41) is 2.75. The van der Waals surface area contributed by atoms with Crippen LogP contribution in [0, 0.1) is 6.92 Å². The van der Waals surface area contributed by atoms with E-state index in [1.807, 2.05) is 18.2 Å². The van der Waals surface area contributed by atoms with E-state index >= 15 is 0 Å². The van der Waals surface area contributed by atoms with Crippen LogP contribution in [-0.2, 0) is 39.3 Å². The Bertz CT molecular complexity index is 322. The Hall–Kier alpha value is -0.336. The van der Waals surface area contributed by atoms with Crippen LogP contribution in [0.25, 0.3) is 0 Å². The first-order valence-corrected chi connectivity index (χ1v) is 3.51. The number of amides is 1. The summed E-state index contributed by atoms with van der Waals surface area (Å²) in [6, 6.07) is 5.59. The molecule has 0 fully saturated rings. The maximum atomic E-state index is 11.1. The Morgan fingerprint density at radius 3 is 2.83 bits per heavy atom. The number of fused-ring (bicyclic) bond motifs is 1. The van der Waals surface area contributed by atoms with Gasteiger partial charge >= 0.3 is 0 Å². The van der Waals surface area contributed by atoms with Crippen molar-refractivity contribution in [2.45, 2.75) is 6.54 Å². The molecule has 0 saturated carbocycles. The smallest absolute Gasteiger partial charge is 0.238 e. The fourth-order valence-corrected chi connectivity index (χ4v) is 1.32. The Labute approximate surface area is 96.6 Å². The van der Waals surface area contributed by atoms with Gasteiger partial charge in [0.15, 0.2) is 0 Å². The minimum Gasteiger partial charge on any atom is -0.360 e. The van der Waals surface area contributed by atoms with Gasteiger partial charge in [-0.3, -0.25) is 4.79 Å². The monoisotopic (exact) mass is 235 g/mol. The summed E-state index contributed by atoms with van der Waals surface area (Å²) in [4.78, 5) is 11.1. The third-order valence-corrected chi connectivity index (χ3v) is 1.94. The van der Waals surface area contributed by atoms with Crippen molar-refractivity contribution in [2.24, 2.45) is 0 Å². The predicted molar refractivity (Wildman–Crippen MR) is 42.1 cm³/mol. The molecule has 0 atom stereocenters. The molecule has 0 aliphatic carbocycles. The standard InChI is InChI=1S/C9H8NO.Y/c1-6-3-2-4-7-8(6)5-10-9(7)11;/h2-4H,1,5H2,(H,10,11);/q-1;. The Morgan fingerprint density at radius 1 is 1.42 bits per heavy atom. The van der Waals surface area contributed by atoms with Gasteiger partial charge in [0.2, 0.25) is 5.91 Å². The molecule has 1 radical (unpaired) electrons. The summed E-state index contributed by atoms with van der Waals surface area (Å²) in [7, 11) is 0. The van der Waals surface area contributed by atoms with Gasteiger partial charge in [-0.05, 0) is 12.1 Å². The fourth-order valence-electron chi connectivity index (χ4n) is 1.32. The van der Waals surface area contributed by atoms with Crippen LogP contribution in [0.3, 0.4) is 0 Å². The van der Waals surface area contributed by atoms with E-state index < -0.39 is 0 Å². The van der Waals surface area contributed by atoms with Gasteiger partial charge in [-0.15, -0.1) is 11.6 Å². The number of rotatable bonds is 0.